The Morgan fingerprint density at radius 3 is 2.35 bits per heavy atom. The maximum Gasteiger partial charge on any atom is 0.131 e. The Balaban J connectivity index is 2.18. The number of nitrogens with zero attached hydrogens (tertiary/aromatic N) is 2. The van der Waals surface area contributed by atoms with Crippen molar-refractivity contribution < 1.29 is 8.78 Å². The van der Waals surface area contributed by atoms with Crippen LogP contribution in [-0.4, -0.2) is 23.4 Å². The van der Waals surface area contributed by atoms with Crippen molar-refractivity contribution in [3.8, 4) is 0 Å². The number of benzene rings is 1. The molecule has 1 heterocycles. The summed E-state index contributed by atoms with van der Waals surface area (Å²) in [4.78, 5) is 6.44. The Bertz CT molecular complexity index is 518. The van der Waals surface area contributed by atoms with Gasteiger partial charge in [-0.05, 0) is 39.0 Å². The number of hydrogen-bond acceptors (Lipinski definition) is 2. The summed E-state index contributed by atoms with van der Waals surface area (Å²) in [7, 11) is 0. The third-order valence-corrected chi connectivity index (χ3v) is 3.28. The molecule has 5 heteroatoms. The second kappa shape index (κ2) is 6.03. The highest BCUT2D eigenvalue weighted by atomic mass is 19.1. The largest absolute Gasteiger partial charge is 0.358 e. The molecule has 2 rings (SSSR count). The fourth-order valence-corrected chi connectivity index (χ4v) is 2.08. The SMILES string of the molecule is CC(C)N1C=CC(=N[C@H](C)c2c(F)cccc2F)NC1. The van der Waals surface area contributed by atoms with E-state index in [4.69, 9.17) is 0 Å². The van der Waals surface area contributed by atoms with E-state index >= 15 is 0 Å². The lowest BCUT2D eigenvalue weighted by Gasteiger charge is -2.29. The van der Waals surface area contributed by atoms with Gasteiger partial charge in [-0.1, -0.05) is 6.07 Å². The number of amidine groups is 1. The molecule has 0 aliphatic carbocycles. The molecule has 1 aromatic rings. The summed E-state index contributed by atoms with van der Waals surface area (Å²) in [5.41, 5.74) is 0.00138. The first-order valence-electron chi connectivity index (χ1n) is 6.68. The molecular weight excluding hydrogens is 260 g/mol. The van der Waals surface area contributed by atoms with E-state index < -0.39 is 17.7 Å². The summed E-state index contributed by atoms with van der Waals surface area (Å²) in [6, 6.07) is 3.67. The van der Waals surface area contributed by atoms with Crippen LogP contribution in [0.4, 0.5) is 8.78 Å². The number of halogens is 2. The number of rotatable bonds is 3. The van der Waals surface area contributed by atoms with Crippen LogP contribution in [0.2, 0.25) is 0 Å². The molecule has 0 radical (unpaired) electrons. The van der Waals surface area contributed by atoms with Crippen LogP contribution in [0, 0.1) is 11.6 Å². The second-order valence-corrected chi connectivity index (χ2v) is 5.08. The molecule has 0 saturated heterocycles. The van der Waals surface area contributed by atoms with E-state index in [9.17, 15) is 8.78 Å². The standard InChI is InChI=1S/C15H19F2N3/c1-10(2)20-8-7-14(18-9-20)19-11(3)15-12(16)5-4-6-13(15)17/h4-8,10-11H,9H2,1-3H3,(H,18,19)/t11-/m1/s1. The fraction of sp³-hybridized carbons (Fsp3) is 0.400. The molecule has 1 aliphatic heterocycles. The molecule has 3 nitrogen and oxygen atoms in total. The van der Waals surface area contributed by atoms with Gasteiger partial charge in [-0.25, -0.2) is 8.78 Å². The first-order valence-corrected chi connectivity index (χ1v) is 6.68. The van der Waals surface area contributed by atoms with Gasteiger partial charge in [0.15, 0.2) is 0 Å². The molecule has 1 aromatic carbocycles. The summed E-state index contributed by atoms with van der Waals surface area (Å²) in [5.74, 6) is -0.493. The van der Waals surface area contributed by atoms with Gasteiger partial charge in [0, 0.05) is 17.8 Å². The minimum atomic E-state index is -0.575. The van der Waals surface area contributed by atoms with E-state index in [0.29, 0.717) is 18.5 Å². The topological polar surface area (TPSA) is 27.6 Å². The Hall–Kier alpha value is -1.91. The molecule has 1 atom stereocenters. The Morgan fingerprint density at radius 1 is 1.20 bits per heavy atom. The molecule has 0 fully saturated rings. The Kier molecular flexibility index (Phi) is 4.37. The van der Waals surface area contributed by atoms with Crippen molar-refractivity contribution in [1.82, 2.24) is 10.2 Å². The minimum absolute atomic E-state index is 0.00138. The van der Waals surface area contributed by atoms with Gasteiger partial charge < -0.3 is 10.2 Å². The highest BCUT2D eigenvalue weighted by Gasteiger charge is 2.17. The minimum Gasteiger partial charge on any atom is -0.358 e. The molecule has 0 amide bonds. The van der Waals surface area contributed by atoms with Crippen molar-refractivity contribution in [1.29, 1.82) is 0 Å². The van der Waals surface area contributed by atoms with Gasteiger partial charge in [0.1, 0.15) is 17.5 Å². The van der Waals surface area contributed by atoms with E-state index in [1.165, 1.54) is 18.2 Å². The first kappa shape index (κ1) is 14.5. The third-order valence-electron chi connectivity index (χ3n) is 3.28. The predicted octanol–water partition coefficient (Wildman–Crippen LogP) is 3.21. The van der Waals surface area contributed by atoms with Crippen molar-refractivity contribution in [2.45, 2.75) is 32.9 Å². The van der Waals surface area contributed by atoms with Gasteiger partial charge in [-0.3, -0.25) is 4.99 Å². The lowest BCUT2D eigenvalue weighted by molar-refractivity contribution is 0.300. The molecule has 1 N–H and O–H groups in total. The molecule has 0 aromatic heterocycles. The zero-order valence-electron chi connectivity index (χ0n) is 11.9. The third kappa shape index (κ3) is 3.15. The van der Waals surface area contributed by atoms with Crippen LogP contribution in [0.25, 0.3) is 0 Å². The number of aliphatic imine (C=N–C) groups is 1. The van der Waals surface area contributed by atoms with Gasteiger partial charge in [0.2, 0.25) is 0 Å². The van der Waals surface area contributed by atoms with E-state index in [0.717, 1.165) is 0 Å². The zero-order chi connectivity index (χ0) is 14.7. The maximum absolute atomic E-state index is 13.7. The summed E-state index contributed by atoms with van der Waals surface area (Å²) >= 11 is 0. The highest BCUT2D eigenvalue weighted by molar-refractivity contribution is 5.93. The van der Waals surface area contributed by atoms with E-state index in [1.54, 1.807) is 6.92 Å². The van der Waals surface area contributed by atoms with Gasteiger partial charge in [-0.2, -0.15) is 0 Å². The van der Waals surface area contributed by atoms with Gasteiger partial charge in [-0.15, -0.1) is 0 Å². The summed E-state index contributed by atoms with van der Waals surface area (Å²) in [6.45, 7) is 6.50. The first-order chi connectivity index (χ1) is 9.49. The Morgan fingerprint density at radius 2 is 1.85 bits per heavy atom. The number of hydrogen-bond donors (Lipinski definition) is 1. The predicted molar refractivity (Wildman–Crippen MR) is 76.3 cm³/mol. The van der Waals surface area contributed by atoms with Gasteiger partial charge >= 0.3 is 0 Å². The normalized spacial score (nSPS) is 18.5. The lowest BCUT2D eigenvalue weighted by Crippen LogP contribution is -2.41. The quantitative estimate of drug-likeness (QED) is 0.920. The van der Waals surface area contributed by atoms with Crippen LogP contribution in [0.1, 0.15) is 32.4 Å². The van der Waals surface area contributed by atoms with Crippen molar-refractivity contribution in [2.24, 2.45) is 4.99 Å². The Labute approximate surface area is 118 Å². The van der Waals surface area contributed by atoms with E-state index in [1.807, 2.05) is 12.3 Å². The second-order valence-electron chi connectivity index (χ2n) is 5.08. The molecule has 108 valence electrons. The lowest BCUT2D eigenvalue weighted by atomic mass is 10.1. The van der Waals surface area contributed by atoms with Crippen molar-refractivity contribution >= 4 is 5.84 Å². The molecule has 0 bridgehead atoms. The summed E-state index contributed by atoms with van der Waals surface area (Å²) in [5, 5.41) is 3.13. The van der Waals surface area contributed by atoms with Crippen LogP contribution < -0.4 is 5.32 Å². The molecule has 0 saturated carbocycles. The highest BCUT2D eigenvalue weighted by Crippen LogP contribution is 2.23. The average Bonchev–Trinajstić information content (AvgIpc) is 2.39. The number of nitrogens with one attached hydrogen (secondary N) is 1. The van der Waals surface area contributed by atoms with Crippen LogP contribution in [-0.2, 0) is 0 Å². The summed E-state index contributed by atoms with van der Waals surface area (Å²) < 4.78 is 27.3. The smallest absolute Gasteiger partial charge is 0.131 e. The molecular formula is C15H19F2N3. The van der Waals surface area contributed by atoms with E-state index in [-0.39, 0.29) is 5.56 Å². The van der Waals surface area contributed by atoms with Crippen molar-refractivity contribution in [2.75, 3.05) is 6.67 Å². The van der Waals surface area contributed by atoms with Gasteiger partial charge in [0.05, 0.1) is 12.7 Å². The van der Waals surface area contributed by atoms with Crippen LogP contribution >= 0.6 is 0 Å². The molecule has 20 heavy (non-hydrogen) atoms. The van der Waals surface area contributed by atoms with Crippen molar-refractivity contribution in [3.05, 3.63) is 47.7 Å². The van der Waals surface area contributed by atoms with E-state index in [2.05, 4.69) is 29.1 Å². The maximum atomic E-state index is 13.7. The van der Waals surface area contributed by atoms with Crippen LogP contribution in [0.15, 0.2) is 35.5 Å². The molecule has 0 unspecified atom stereocenters. The zero-order valence-corrected chi connectivity index (χ0v) is 11.9. The molecule has 0 spiro atoms. The molecule has 1 aliphatic rings. The van der Waals surface area contributed by atoms with Crippen molar-refractivity contribution in [3.63, 3.8) is 0 Å². The average molecular weight is 279 g/mol. The fourth-order valence-electron chi connectivity index (χ4n) is 2.08. The van der Waals surface area contributed by atoms with Crippen LogP contribution in [0.5, 0.6) is 0 Å². The van der Waals surface area contributed by atoms with Gasteiger partial charge in [0.25, 0.3) is 0 Å². The van der Waals surface area contributed by atoms with Crippen LogP contribution in [0.3, 0.4) is 0 Å². The monoisotopic (exact) mass is 279 g/mol. The summed E-state index contributed by atoms with van der Waals surface area (Å²) in [6.07, 6.45) is 3.75.